The normalized spacial score (nSPS) is 18.0. The number of rotatable bonds is 6. The quantitative estimate of drug-likeness (QED) is 0.786. The number of hydrogen-bond donors (Lipinski definition) is 2. The van der Waals surface area contributed by atoms with E-state index < -0.39 is 0 Å². The fraction of sp³-hybridized carbons (Fsp3) is 0.462. The third kappa shape index (κ3) is 4.28. The number of ether oxygens (including phenoxy) is 2. The second kappa shape index (κ2) is 7.73. The number of carbonyl (C=O) groups excluding carboxylic acids is 1. The number of anilines is 1. The number of benzene rings is 1. The predicted octanol–water partition coefficient (Wildman–Crippen LogP) is 1.97. The van der Waals surface area contributed by atoms with Crippen molar-refractivity contribution in [3.63, 3.8) is 0 Å². The first-order valence-corrected chi connectivity index (χ1v) is 7.77. The van der Waals surface area contributed by atoms with Crippen molar-refractivity contribution in [2.45, 2.75) is 6.04 Å². The van der Waals surface area contributed by atoms with Crippen molar-refractivity contribution < 1.29 is 14.3 Å². The van der Waals surface area contributed by atoms with Gasteiger partial charge in [0.15, 0.2) is 0 Å². The number of thioether (sulfide) groups is 1. The van der Waals surface area contributed by atoms with E-state index in [1.54, 1.807) is 37.1 Å². The lowest BCUT2D eigenvalue weighted by atomic mass is 10.2. The van der Waals surface area contributed by atoms with Crippen molar-refractivity contribution in [1.82, 2.24) is 5.32 Å². The maximum Gasteiger partial charge on any atom is 0.242 e. The van der Waals surface area contributed by atoms with Gasteiger partial charge in [0.2, 0.25) is 5.91 Å². The van der Waals surface area contributed by atoms with Crippen LogP contribution in [0.3, 0.4) is 0 Å². The molecule has 5 nitrogen and oxygen atoms in total. The summed E-state index contributed by atoms with van der Waals surface area (Å²) >= 11 is 7.82. The van der Waals surface area contributed by atoms with Gasteiger partial charge in [0, 0.05) is 24.4 Å². The first kappa shape index (κ1) is 15.4. The van der Waals surface area contributed by atoms with Crippen LogP contribution in [0, 0.1) is 0 Å². The Kier molecular flexibility index (Phi) is 5.97. The van der Waals surface area contributed by atoms with Gasteiger partial charge < -0.3 is 14.8 Å². The summed E-state index contributed by atoms with van der Waals surface area (Å²) in [4.78, 5) is 11.9. The Morgan fingerprint density at radius 2 is 2.40 bits per heavy atom. The molecule has 2 rings (SSSR count). The van der Waals surface area contributed by atoms with E-state index in [1.165, 1.54) is 0 Å². The molecule has 1 aromatic rings. The van der Waals surface area contributed by atoms with E-state index in [9.17, 15) is 4.79 Å². The SMILES string of the molecule is COCCOc1ccc(NC(=O)C2CSCN2)cc1Cl. The van der Waals surface area contributed by atoms with Crippen molar-refractivity contribution in [3.05, 3.63) is 23.2 Å². The molecule has 1 unspecified atom stereocenters. The zero-order chi connectivity index (χ0) is 14.4. The zero-order valence-corrected chi connectivity index (χ0v) is 12.7. The lowest BCUT2D eigenvalue weighted by Crippen LogP contribution is -2.37. The molecule has 7 heteroatoms. The summed E-state index contributed by atoms with van der Waals surface area (Å²) in [5, 5.41) is 6.42. The van der Waals surface area contributed by atoms with Crippen LogP contribution in [-0.2, 0) is 9.53 Å². The molecule has 1 atom stereocenters. The summed E-state index contributed by atoms with van der Waals surface area (Å²) in [5.74, 6) is 2.14. The highest BCUT2D eigenvalue weighted by molar-refractivity contribution is 7.99. The van der Waals surface area contributed by atoms with Crippen LogP contribution in [0.5, 0.6) is 5.75 Å². The average molecular weight is 317 g/mol. The minimum absolute atomic E-state index is 0.0425. The molecule has 0 bridgehead atoms. The Morgan fingerprint density at radius 1 is 1.55 bits per heavy atom. The lowest BCUT2D eigenvalue weighted by Gasteiger charge is -2.12. The van der Waals surface area contributed by atoms with Crippen LogP contribution in [0.1, 0.15) is 0 Å². The van der Waals surface area contributed by atoms with Crippen molar-refractivity contribution in [3.8, 4) is 5.75 Å². The van der Waals surface area contributed by atoms with Crippen LogP contribution >= 0.6 is 23.4 Å². The van der Waals surface area contributed by atoms with Crippen LogP contribution in [-0.4, -0.2) is 43.9 Å². The van der Waals surface area contributed by atoms with E-state index in [-0.39, 0.29) is 11.9 Å². The fourth-order valence-corrected chi connectivity index (χ4v) is 2.90. The second-order valence-corrected chi connectivity index (χ2v) is 5.69. The highest BCUT2D eigenvalue weighted by Crippen LogP contribution is 2.27. The van der Waals surface area contributed by atoms with Gasteiger partial charge in [-0.25, -0.2) is 0 Å². The molecular formula is C13H17ClN2O3S. The predicted molar refractivity (Wildman–Crippen MR) is 81.7 cm³/mol. The van der Waals surface area contributed by atoms with Crippen LogP contribution in [0.15, 0.2) is 18.2 Å². The van der Waals surface area contributed by atoms with Crippen molar-refractivity contribution in [2.24, 2.45) is 0 Å². The number of methoxy groups -OCH3 is 1. The molecule has 1 heterocycles. The van der Waals surface area contributed by atoms with Crippen LogP contribution < -0.4 is 15.4 Å². The molecule has 2 N–H and O–H groups in total. The molecule has 1 aliphatic heterocycles. The van der Waals surface area contributed by atoms with Gasteiger partial charge in [-0.1, -0.05) is 11.6 Å². The maximum atomic E-state index is 11.9. The van der Waals surface area contributed by atoms with Gasteiger partial charge >= 0.3 is 0 Å². The summed E-state index contributed by atoms with van der Waals surface area (Å²) in [6, 6.07) is 5.05. The Bertz CT molecular complexity index is 467. The second-order valence-electron chi connectivity index (χ2n) is 4.25. The molecule has 1 fully saturated rings. The van der Waals surface area contributed by atoms with E-state index in [0.29, 0.717) is 29.7 Å². The molecular weight excluding hydrogens is 300 g/mol. The van der Waals surface area contributed by atoms with Crippen LogP contribution in [0.25, 0.3) is 0 Å². The third-order valence-corrected chi connectivity index (χ3v) is 4.01. The average Bonchev–Trinajstić information content (AvgIpc) is 2.95. The van der Waals surface area contributed by atoms with E-state index in [2.05, 4.69) is 10.6 Å². The Labute approximate surface area is 127 Å². The third-order valence-electron chi connectivity index (χ3n) is 2.78. The van der Waals surface area contributed by atoms with Gasteiger partial charge in [-0.3, -0.25) is 10.1 Å². The molecule has 0 aromatic heterocycles. The first-order valence-electron chi connectivity index (χ1n) is 6.24. The van der Waals surface area contributed by atoms with Gasteiger partial charge in [0.05, 0.1) is 17.7 Å². The van der Waals surface area contributed by atoms with E-state index in [1.807, 2.05) is 0 Å². The molecule has 0 spiro atoms. The summed E-state index contributed by atoms with van der Waals surface area (Å²) in [5.41, 5.74) is 0.665. The van der Waals surface area contributed by atoms with E-state index >= 15 is 0 Å². The van der Waals surface area contributed by atoms with Gasteiger partial charge in [0.1, 0.15) is 12.4 Å². The van der Waals surface area contributed by atoms with Crippen molar-refractivity contribution in [2.75, 3.05) is 37.3 Å². The molecule has 1 amide bonds. The monoisotopic (exact) mass is 316 g/mol. The maximum absolute atomic E-state index is 11.9. The summed E-state index contributed by atoms with van der Waals surface area (Å²) in [6.45, 7) is 0.935. The largest absolute Gasteiger partial charge is 0.490 e. The van der Waals surface area contributed by atoms with Crippen LogP contribution in [0.4, 0.5) is 5.69 Å². The minimum atomic E-state index is -0.142. The number of halogens is 1. The molecule has 0 radical (unpaired) electrons. The Hall–Kier alpha value is -0.950. The molecule has 0 aliphatic carbocycles. The van der Waals surface area contributed by atoms with E-state index in [4.69, 9.17) is 21.1 Å². The molecule has 1 saturated heterocycles. The molecule has 20 heavy (non-hydrogen) atoms. The van der Waals surface area contributed by atoms with Gasteiger partial charge in [-0.05, 0) is 18.2 Å². The Balaban J connectivity index is 1.92. The lowest BCUT2D eigenvalue weighted by molar-refractivity contribution is -0.117. The van der Waals surface area contributed by atoms with Gasteiger partial charge in [-0.2, -0.15) is 0 Å². The summed E-state index contributed by atoms with van der Waals surface area (Å²) in [7, 11) is 1.61. The molecule has 1 aromatic carbocycles. The van der Waals surface area contributed by atoms with Gasteiger partial charge in [0.25, 0.3) is 0 Å². The van der Waals surface area contributed by atoms with Crippen molar-refractivity contribution >= 4 is 35.0 Å². The number of hydrogen-bond acceptors (Lipinski definition) is 5. The summed E-state index contributed by atoms with van der Waals surface area (Å²) < 4.78 is 10.4. The number of amides is 1. The Morgan fingerprint density at radius 3 is 3.05 bits per heavy atom. The highest BCUT2D eigenvalue weighted by Gasteiger charge is 2.22. The molecule has 110 valence electrons. The van der Waals surface area contributed by atoms with Crippen LogP contribution in [0.2, 0.25) is 5.02 Å². The fourth-order valence-electron chi connectivity index (χ4n) is 1.72. The number of nitrogens with one attached hydrogen (secondary N) is 2. The topological polar surface area (TPSA) is 59.6 Å². The number of carbonyl (C=O) groups is 1. The van der Waals surface area contributed by atoms with Crippen molar-refractivity contribution in [1.29, 1.82) is 0 Å². The minimum Gasteiger partial charge on any atom is -0.490 e. The van der Waals surface area contributed by atoms with E-state index in [0.717, 1.165) is 11.6 Å². The smallest absolute Gasteiger partial charge is 0.242 e. The summed E-state index contributed by atoms with van der Waals surface area (Å²) in [6.07, 6.45) is 0. The molecule has 1 aliphatic rings. The standard InChI is InChI=1S/C13H17ClN2O3S/c1-18-4-5-19-12-3-2-9(6-10(12)14)16-13(17)11-7-20-8-15-11/h2-3,6,11,15H,4-5,7-8H2,1H3,(H,16,17). The highest BCUT2D eigenvalue weighted by atomic mass is 35.5. The molecule has 0 saturated carbocycles. The first-order chi connectivity index (χ1) is 9.70. The van der Waals surface area contributed by atoms with Gasteiger partial charge in [-0.15, -0.1) is 11.8 Å². The zero-order valence-electron chi connectivity index (χ0n) is 11.1.